The summed E-state index contributed by atoms with van der Waals surface area (Å²) in [5.41, 5.74) is 0.449. The van der Waals surface area contributed by atoms with Crippen molar-refractivity contribution in [3.63, 3.8) is 0 Å². The van der Waals surface area contributed by atoms with Gasteiger partial charge in [0, 0.05) is 18.9 Å². The number of hydrogen-bond donors (Lipinski definition) is 2. The van der Waals surface area contributed by atoms with Crippen molar-refractivity contribution in [1.82, 2.24) is 15.5 Å². The Labute approximate surface area is 152 Å². The predicted octanol–water partition coefficient (Wildman–Crippen LogP) is 1.66. The average molecular weight is 361 g/mol. The van der Waals surface area contributed by atoms with Crippen LogP contribution in [0, 0.1) is 5.82 Å². The van der Waals surface area contributed by atoms with Crippen LogP contribution >= 0.6 is 0 Å². The maximum absolute atomic E-state index is 14.4. The van der Waals surface area contributed by atoms with Gasteiger partial charge in [-0.15, -0.1) is 0 Å². The summed E-state index contributed by atoms with van der Waals surface area (Å²) in [5, 5.41) is 5.54. The molecule has 0 aromatic heterocycles. The van der Waals surface area contributed by atoms with Gasteiger partial charge in [-0.25, -0.2) is 4.39 Å². The molecule has 2 heterocycles. The number of nitrogens with zero attached hydrogens (tertiary/aromatic N) is 1. The number of nitrogens with one attached hydrogen (secondary N) is 2. The van der Waals surface area contributed by atoms with Gasteiger partial charge in [-0.3, -0.25) is 14.4 Å². The van der Waals surface area contributed by atoms with Crippen molar-refractivity contribution >= 4 is 17.7 Å². The zero-order chi connectivity index (χ0) is 18.7. The summed E-state index contributed by atoms with van der Waals surface area (Å²) in [4.78, 5) is 37.8. The van der Waals surface area contributed by atoms with Gasteiger partial charge in [0.2, 0.25) is 17.7 Å². The third kappa shape index (κ3) is 3.86. The molecule has 2 fully saturated rings. The zero-order valence-electron chi connectivity index (χ0n) is 14.8. The van der Waals surface area contributed by atoms with Crippen LogP contribution in [-0.2, 0) is 14.4 Å². The Kier molecular flexibility index (Phi) is 5.54. The number of carbonyl (C=O) groups excluding carboxylic acids is 3. The molecule has 1 aromatic carbocycles. The molecule has 0 radical (unpaired) electrons. The van der Waals surface area contributed by atoms with Crippen LogP contribution in [0.2, 0.25) is 0 Å². The van der Waals surface area contributed by atoms with Crippen LogP contribution in [0.4, 0.5) is 4.39 Å². The molecule has 140 valence electrons. The molecule has 2 saturated heterocycles. The lowest BCUT2D eigenvalue weighted by Gasteiger charge is -2.33. The van der Waals surface area contributed by atoms with Crippen LogP contribution < -0.4 is 10.6 Å². The Morgan fingerprint density at radius 3 is 2.81 bits per heavy atom. The molecule has 0 unspecified atom stereocenters. The molecule has 7 heteroatoms. The van der Waals surface area contributed by atoms with E-state index in [0.717, 1.165) is 19.3 Å². The molecule has 3 rings (SSSR count). The Morgan fingerprint density at radius 2 is 2.08 bits per heavy atom. The van der Waals surface area contributed by atoms with Gasteiger partial charge in [-0.05, 0) is 25.3 Å². The van der Waals surface area contributed by atoms with E-state index in [2.05, 4.69) is 10.6 Å². The van der Waals surface area contributed by atoms with E-state index < -0.39 is 6.04 Å². The van der Waals surface area contributed by atoms with Gasteiger partial charge >= 0.3 is 0 Å². The topological polar surface area (TPSA) is 78.5 Å². The normalized spacial score (nSPS) is 25.7. The molecule has 3 atom stereocenters. The fraction of sp³-hybridized carbons (Fsp3) is 0.526. The molecule has 0 spiro atoms. The summed E-state index contributed by atoms with van der Waals surface area (Å²) in [6.45, 7) is 1.22. The second-order valence-electron chi connectivity index (χ2n) is 6.97. The number of fused-ring (bicyclic) bond motifs is 1. The van der Waals surface area contributed by atoms with Crippen molar-refractivity contribution in [1.29, 1.82) is 0 Å². The number of hydrogen-bond acceptors (Lipinski definition) is 3. The summed E-state index contributed by atoms with van der Waals surface area (Å²) in [7, 11) is 0. The van der Waals surface area contributed by atoms with E-state index in [4.69, 9.17) is 0 Å². The van der Waals surface area contributed by atoms with E-state index in [9.17, 15) is 18.8 Å². The minimum Gasteiger partial charge on any atom is -0.351 e. The Morgan fingerprint density at radius 1 is 1.31 bits per heavy atom. The highest BCUT2D eigenvalue weighted by Crippen LogP contribution is 2.40. The van der Waals surface area contributed by atoms with Crippen molar-refractivity contribution in [2.45, 2.75) is 57.2 Å². The first-order chi connectivity index (χ1) is 12.5. The number of rotatable bonds is 3. The van der Waals surface area contributed by atoms with Gasteiger partial charge in [0.25, 0.3) is 0 Å². The van der Waals surface area contributed by atoms with Crippen LogP contribution in [0.25, 0.3) is 0 Å². The van der Waals surface area contributed by atoms with Gasteiger partial charge in [0.05, 0.1) is 24.7 Å². The molecule has 0 bridgehead atoms. The molecule has 2 N–H and O–H groups in total. The first kappa shape index (κ1) is 18.4. The lowest BCUT2D eigenvalue weighted by Crippen LogP contribution is -2.50. The number of halogens is 1. The standard InChI is InChI=1S/C19H24FN3O3/c1-12(24)21-11-19(26)23-16-8-4-5-9-18(25)22-15(16)10-17(23)13-6-2-3-7-14(13)20/h2-3,6-7,15-17H,4-5,8-11H2,1H3,(H,21,24)(H,22,25)/t15-,16+,17+/m1/s1. The molecule has 6 nitrogen and oxygen atoms in total. The third-order valence-electron chi connectivity index (χ3n) is 5.18. The smallest absolute Gasteiger partial charge is 0.242 e. The van der Waals surface area contributed by atoms with Gasteiger partial charge in [-0.2, -0.15) is 0 Å². The van der Waals surface area contributed by atoms with E-state index >= 15 is 0 Å². The predicted molar refractivity (Wildman–Crippen MR) is 93.5 cm³/mol. The van der Waals surface area contributed by atoms with E-state index in [1.807, 2.05) is 0 Å². The summed E-state index contributed by atoms with van der Waals surface area (Å²) in [5.74, 6) is -0.933. The average Bonchev–Trinajstić information content (AvgIpc) is 2.92. The lowest BCUT2D eigenvalue weighted by atomic mass is 9.97. The van der Waals surface area contributed by atoms with Crippen LogP contribution in [-0.4, -0.2) is 41.2 Å². The maximum atomic E-state index is 14.4. The maximum Gasteiger partial charge on any atom is 0.242 e. The highest BCUT2D eigenvalue weighted by molar-refractivity contribution is 5.85. The van der Waals surface area contributed by atoms with Crippen molar-refractivity contribution < 1.29 is 18.8 Å². The first-order valence-corrected chi connectivity index (χ1v) is 9.06. The lowest BCUT2D eigenvalue weighted by molar-refractivity contribution is -0.136. The highest BCUT2D eigenvalue weighted by Gasteiger charge is 2.45. The van der Waals surface area contributed by atoms with Crippen molar-refractivity contribution in [2.24, 2.45) is 0 Å². The van der Waals surface area contributed by atoms with Gasteiger partial charge in [0.1, 0.15) is 5.82 Å². The van der Waals surface area contributed by atoms with E-state index in [1.165, 1.54) is 13.0 Å². The summed E-state index contributed by atoms with van der Waals surface area (Å²) in [6.07, 6.45) is 3.31. The Balaban J connectivity index is 1.92. The fourth-order valence-corrected chi connectivity index (χ4v) is 4.02. The van der Waals surface area contributed by atoms with Crippen molar-refractivity contribution in [3.8, 4) is 0 Å². The first-order valence-electron chi connectivity index (χ1n) is 9.06. The number of carbonyl (C=O) groups is 3. The van der Waals surface area contributed by atoms with Crippen LogP contribution in [0.5, 0.6) is 0 Å². The van der Waals surface area contributed by atoms with E-state index in [1.54, 1.807) is 23.1 Å². The molecular weight excluding hydrogens is 337 g/mol. The molecular formula is C19H24FN3O3. The SMILES string of the molecule is CC(=O)NCC(=O)N1[C@H](c2ccccc2F)C[C@H]2NC(=O)CCCC[C@@H]21. The Hall–Kier alpha value is -2.44. The van der Waals surface area contributed by atoms with Crippen molar-refractivity contribution in [2.75, 3.05) is 6.54 Å². The quantitative estimate of drug-likeness (QED) is 0.859. The van der Waals surface area contributed by atoms with Gasteiger partial charge in [-0.1, -0.05) is 24.6 Å². The zero-order valence-corrected chi connectivity index (χ0v) is 14.8. The molecule has 0 saturated carbocycles. The molecule has 2 aliphatic heterocycles. The summed E-state index contributed by atoms with van der Waals surface area (Å²) >= 11 is 0. The van der Waals surface area contributed by atoms with Crippen molar-refractivity contribution in [3.05, 3.63) is 35.6 Å². The molecule has 2 aliphatic rings. The second-order valence-corrected chi connectivity index (χ2v) is 6.97. The fourth-order valence-electron chi connectivity index (χ4n) is 4.02. The van der Waals surface area contributed by atoms with E-state index in [0.29, 0.717) is 18.4 Å². The highest BCUT2D eigenvalue weighted by atomic mass is 19.1. The minimum absolute atomic E-state index is 0.0249. The monoisotopic (exact) mass is 361 g/mol. The van der Waals surface area contributed by atoms with Crippen LogP contribution in [0.15, 0.2) is 24.3 Å². The minimum atomic E-state index is -0.453. The Bertz CT molecular complexity index is 709. The number of benzene rings is 1. The van der Waals surface area contributed by atoms with Crippen LogP contribution in [0.1, 0.15) is 50.6 Å². The molecule has 1 aromatic rings. The molecule has 3 amide bonds. The van der Waals surface area contributed by atoms with Crippen LogP contribution in [0.3, 0.4) is 0 Å². The van der Waals surface area contributed by atoms with Gasteiger partial charge in [0.15, 0.2) is 0 Å². The number of amides is 3. The third-order valence-corrected chi connectivity index (χ3v) is 5.18. The second kappa shape index (κ2) is 7.85. The molecule has 26 heavy (non-hydrogen) atoms. The van der Waals surface area contributed by atoms with E-state index in [-0.39, 0.29) is 42.2 Å². The largest absolute Gasteiger partial charge is 0.351 e. The van der Waals surface area contributed by atoms with Gasteiger partial charge < -0.3 is 15.5 Å². The summed E-state index contributed by atoms with van der Waals surface area (Å²) in [6, 6.07) is 5.57. The summed E-state index contributed by atoms with van der Waals surface area (Å²) < 4.78 is 14.4. The number of likely N-dealkylation sites (tertiary alicyclic amines) is 1. The molecule has 0 aliphatic carbocycles.